The minimum atomic E-state index is -2.88. The molecule has 1 aromatic heterocycles. The third-order valence-corrected chi connectivity index (χ3v) is 6.29. The van der Waals surface area contributed by atoms with Crippen LogP contribution in [0.1, 0.15) is 95.8 Å². The molecule has 0 aliphatic heterocycles. The molecule has 0 bridgehead atoms. The van der Waals surface area contributed by atoms with Crippen molar-refractivity contribution in [3.63, 3.8) is 0 Å². The summed E-state index contributed by atoms with van der Waals surface area (Å²) in [6.45, 7) is 20.9. The molecule has 0 spiro atoms. The van der Waals surface area contributed by atoms with Crippen LogP contribution < -0.4 is 10.1 Å². The third-order valence-electron chi connectivity index (χ3n) is 6.29. The lowest BCUT2D eigenvalue weighted by Gasteiger charge is -2.23. The van der Waals surface area contributed by atoms with Gasteiger partial charge in [-0.25, -0.2) is 13.8 Å². The number of halogens is 2. The van der Waals surface area contributed by atoms with Crippen LogP contribution in [0.4, 0.5) is 8.78 Å². The zero-order chi connectivity index (χ0) is 35.3. The molecule has 0 atom stereocenters. The second kappa shape index (κ2) is 17.9. The fourth-order valence-corrected chi connectivity index (χ4v) is 4.17. The van der Waals surface area contributed by atoms with Crippen LogP contribution in [0.3, 0.4) is 0 Å². The van der Waals surface area contributed by atoms with Crippen LogP contribution in [0.5, 0.6) is 5.75 Å². The molecule has 1 N–H and O–H groups in total. The fraction of sp³-hybridized carbons (Fsp3) is 0.528. The number of hydrogen-bond donors (Lipinski definition) is 1. The van der Waals surface area contributed by atoms with Crippen LogP contribution in [0.25, 0.3) is 5.57 Å². The number of allylic oxidation sites excluding steroid dienone is 6. The Hall–Kier alpha value is -3.63. The van der Waals surface area contributed by atoms with Crippen molar-refractivity contribution in [1.29, 1.82) is 0 Å². The molecule has 46 heavy (non-hydrogen) atoms. The normalized spacial score (nSPS) is 13.3. The van der Waals surface area contributed by atoms with Gasteiger partial charge in [-0.2, -0.15) is 0 Å². The summed E-state index contributed by atoms with van der Waals surface area (Å²) in [5, 5.41) is 3.38. The van der Waals surface area contributed by atoms with E-state index in [1.165, 1.54) is 19.1 Å². The van der Waals surface area contributed by atoms with Crippen LogP contribution in [-0.4, -0.2) is 48.1 Å². The predicted molar refractivity (Wildman–Crippen MR) is 178 cm³/mol. The number of aryl methyl sites for hydroxylation is 3. The maximum Gasteiger partial charge on any atom is 0.303 e. The molecule has 3 rings (SSSR count). The number of esters is 1. The average Bonchev–Trinajstić information content (AvgIpc) is 3.12. The van der Waals surface area contributed by atoms with Gasteiger partial charge < -0.3 is 23.9 Å². The van der Waals surface area contributed by atoms with Crippen molar-refractivity contribution < 1.29 is 37.0 Å². The summed E-state index contributed by atoms with van der Waals surface area (Å²) < 4.78 is 48.3. The van der Waals surface area contributed by atoms with Gasteiger partial charge in [0.15, 0.2) is 11.9 Å². The maximum absolute atomic E-state index is 13.6. The lowest BCUT2D eigenvalue weighted by Crippen LogP contribution is -2.30. The Morgan fingerprint density at radius 2 is 1.61 bits per heavy atom. The number of aromatic nitrogens is 1. The minimum Gasteiger partial charge on any atom is -0.480 e. The quantitative estimate of drug-likeness (QED) is 0.204. The summed E-state index contributed by atoms with van der Waals surface area (Å²) in [5.74, 6) is -1.28. The van der Waals surface area contributed by atoms with Crippen LogP contribution >= 0.6 is 0 Å². The molecule has 0 saturated carbocycles. The highest BCUT2D eigenvalue weighted by Crippen LogP contribution is 2.30. The molecular weight excluding hydrogens is 594 g/mol. The monoisotopic (exact) mass is 646 g/mol. The van der Waals surface area contributed by atoms with Crippen LogP contribution in [0, 0.1) is 20.8 Å². The van der Waals surface area contributed by atoms with E-state index < -0.39 is 11.5 Å². The molecule has 0 saturated heterocycles. The molecule has 2 aromatic rings. The van der Waals surface area contributed by atoms with Gasteiger partial charge in [0.05, 0.1) is 5.69 Å². The van der Waals surface area contributed by atoms with Crippen molar-refractivity contribution in [3.05, 3.63) is 76.0 Å². The van der Waals surface area contributed by atoms with Crippen molar-refractivity contribution >= 4 is 17.8 Å². The molecule has 1 aromatic carbocycles. The van der Waals surface area contributed by atoms with Crippen molar-refractivity contribution in [2.75, 3.05) is 13.7 Å². The maximum atomic E-state index is 13.6. The Labute approximate surface area is 273 Å². The van der Waals surface area contributed by atoms with E-state index in [2.05, 4.69) is 15.0 Å². The molecule has 0 unspecified atom stereocenters. The smallest absolute Gasteiger partial charge is 0.303 e. The first-order valence-electron chi connectivity index (χ1n) is 15.3. The summed E-state index contributed by atoms with van der Waals surface area (Å²) in [4.78, 5) is 26.0. The number of rotatable bonds is 10. The van der Waals surface area contributed by atoms with Crippen molar-refractivity contribution in [3.8, 4) is 5.75 Å². The van der Waals surface area contributed by atoms with Gasteiger partial charge in [0.2, 0.25) is 5.89 Å². The van der Waals surface area contributed by atoms with Gasteiger partial charge in [0, 0.05) is 51.8 Å². The van der Waals surface area contributed by atoms with Crippen molar-refractivity contribution in [2.45, 2.75) is 113 Å². The lowest BCUT2D eigenvalue weighted by atomic mass is 10.0. The third kappa shape index (κ3) is 14.6. The number of hydrogen-bond acceptors (Lipinski definition) is 8. The summed E-state index contributed by atoms with van der Waals surface area (Å²) in [6.07, 6.45) is 7.58. The number of nitrogens with one attached hydrogen (secondary N) is 1. The number of oxazole rings is 1. The average molecular weight is 647 g/mol. The van der Waals surface area contributed by atoms with Crippen molar-refractivity contribution in [1.82, 2.24) is 10.3 Å². The largest absolute Gasteiger partial charge is 0.480 e. The SMILES string of the molecule is CC(=O)OC(C)(C)C.CCOC.Cc1cc(CNCc2nc(C3=CCC=C(C(C)(F)F)C=C3)oc2C)cc(C)c1OC(C)(C)C=O. The summed E-state index contributed by atoms with van der Waals surface area (Å²) in [7, 11) is 1.68. The van der Waals surface area contributed by atoms with E-state index in [4.69, 9.17) is 13.9 Å². The number of carbonyl (C=O) groups is 2. The Kier molecular flexibility index (Phi) is 15.7. The van der Waals surface area contributed by atoms with E-state index in [1.807, 2.05) is 66.7 Å². The van der Waals surface area contributed by atoms with Gasteiger partial charge in [-0.3, -0.25) is 9.59 Å². The first-order chi connectivity index (χ1) is 21.2. The van der Waals surface area contributed by atoms with E-state index >= 15 is 0 Å². The van der Waals surface area contributed by atoms with E-state index in [9.17, 15) is 18.4 Å². The topological polar surface area (TPSA) is 99.9 Å². The van der Waals surface area contributed by atoms with E-state index in [0.717, 1.165) is 48.0 Å². The second-order valence-electron chi connectivity index (χ2n) is 12.6. The number of carbonyl (C=O) groups excluding carboxylic acids is 2. The van der Waals surface area contributed by atoms with Crippen LogP contribution in [0.15, 0.2) is 46.4 Å². The van der Waals surface area contributed by atoms with E-state index in [0.29, 0.717) is 36.7 Å². The van der Waals surface area contributed by atoms with Crippen LogP contribution in [0.2, 0.25) is 0 Å². The minimum absolute atomic E-state index is 0.0133. The van der Waals surface area contributed by atoms with Gasteiger partial charge in [0.1, 0.15) is 17.1 Å². The highest BCUT2D eigenvalue weighted by molar-refractivity contribution is 5.70. The molecule has 10 heteroatoms. The van der Waals surface area contributed by atoms with Crippen LogP contribution in [-0.2, 0) is 32.2 Å². The molecule has 1 aliphatic rings. The zero-order valence-electron chi connectivity index (χ0n) is 29.5. The molecule has 0 fully saturated rings. The summed E-state index contributed by atoms with van der Waals surface area (Å²) >= 11 is 0. The molecule has 1 heterocycles. The van der Waals surface area contributed by atoms with Crippen molar-refractivity contribution in [2.24, 2.45) is 0 Å². The highest BCUT2D eigenvalue weighted by atomic mass is 19.3. The molecule has 1 aliphatic carbocycles. The zero-order valence-corrected chi connectivity index (χ0v) is 29.5. The number of methoxy groups -OCH3 is 1. The highest BCUT2D eigenvalue weighted by Gasteiger charge is 2.26. The molecule has 8 nitrogen and oxygen atoms in total. The number of ether oxygens (including phenoxy) is 3. The first-order valence-corrected chi connectivity index (χ1v) is 15.3. The van der Waals surface area contributed by atoms with Gasteiger partial charge in [-0.05, 0) is 91.5 Å². The van der Waals surface area contributed by atoms with E-state index in [1.54, 1.807) is 27.0 Å². The first kappa shape index (κ1) is 40.4. The van der Waals surface area contributed by atoms with Gasteiger partial charge in [0.25, 0.3) is 5.92 Å². The Balaban J connectivity index is 0.000000749. The molecule has 256 valence electrons. The standard InChI is InChI=1S/C27H32F2N2O3.C6H12O2.C3H8O/c1-17-12-20(13-18(2)24(17)34-26(4,5)16-32)14-30-15-23-19(3)33-25(31-23)21-8-7-9-22(11-10-21)27(6,28)29;1-5(7)8-6(2,3)4;1-3-4-2/h8-13,16,30H,7,14-15H2,1-6H3;1-4H3;3H2,1-2H3. The fourth-order valence-electron chi connectivity index (χ4n) is 4.17. The van der Waals surface area contributed by atoms with Gasteiger partial charge >= 0.3 is 5.97 Å². The predicted octanol–water partition coefficient (Wildman–Crippen LogP) is 8.17. The summed E-state index contributed by atoms with van der Waals surface area (Å²) in [5.41, 5.74) is 3.24. The number of nitrogens with zero attached hydrogens (tertiary/aromatic N) is 1. The molecular formula is C36H52F2N2O6. The van der Waals surface area contributed by atoms with Gasteiger partial charge in [-0.1, -0.05) is 30.4 Å². The Morgan fingerprint density at radius 1 is 1.02 bits per heavy atom. The number of benzene rings is 1. The second-order valence-corrected chi connectivity index (χ2v) is 12.6. The number of aldehydes is 1. The molecule has 0 amide bonds. The molecule has 0 radical (unpaired) electrons. The van der Waals surface area contributed by atoms with Gasteiger partial charge in [-0.15, -0.1) is 0 Å². The number of alkyl halides is 2. The van der Waals surface area contributed by atoms with E-state index in [-0.39, 0.29) is 17.1 Å². The lowest BCUT2D eigenvalue weighted by molar-refractivity contribution is -0.151. The Morgan fingerprint density at radius 3 is 2.07 bits per heavy atom. The summed E-state index contributed by atoms with van der Waals surface area (Å²) in [6, 6.07) is 4.07. The Bertz CT molecular complexity index is 1370.